The van der Waals surface area contributed by atoms with E-state index in [-0.39, 0.29) is 17.5 Å². The van der Waals surface area contributed by atoms with Crippen molar-refractivity contribution in [3.63, 3.8) is 0 Å². The standard InChI is InChI=1S/C19H18F3N5O/c20-14-3-1-13(2-4-14)11-15-12-17(26-7-9-28-10-8-26)24-19(23-15)27-6-5-16(25-27)18(21)22/h1-6,12,18H,7-11H2. The van der Waals surface area contributed by atoms with Gasteiger partial charge in [0, 0.05) is 31.8 Å². The van der Waals surface area contributed by atoms with E-state index < -0.39 is 6.43 Å². The maximum Gasteiger partial charge on any atom is 0.282 e. The second kappa shape index (κ2) is 7.97. The van der Waals surface area contributed by atoms with Crippen molar-refractivity contribution in [3.05, 3.63) is 65.4 Å². The van der Waals surface area contributed by atoms with E-state index in [0.29, 0.717) is 44.2 Å². The molecule has 1 aromatic carbocycles. The van der Waals surface area contributed by atoms with Crippen molar-refractivity contribution in [1.29, 1.82) is 0 Å². The van der Waals surface area contributed by atoms with Crippen molar-refractivity contribution in [3.8, 4) is 5.95 Å². The minimum atomic E-state index is -2.66. The average molecular weight is 389 g/mol. The Morgan fingerprint density at radius 3 is 2.46 bits per heavy atom. The number of anilines is 1. The van der Waals surface area contributed by atoms with Gasteiger partial charge in [-0.1, -0.05) is 12.1 Å². The summed E-state index contributed by atoms with van der Waals surface area (Å²) in [6.07, 6.45) is -0.792. The summed E-state index contributed by atoms with van der Waals surface area (Å²) >= 11 is 0. The van der Waals surface area contributed by atoms with Gasteiger partial charge in [-0.15, -0.1) is 0 Å². The Balaban J connectivity index is 1.70. The maximum absolute atomic E-state index is 13.2. The van der Waals surface area contributed by atoms with Gasteiger partial charge in [-0.2, -0.15) is 10.1 Å². The van der Waals surface area contributed by atoms with Crippen molar-refractivity contribution in [2.75, 3.05) is 31.2 Å². The van der Waals surface area contributed by atoms with Gasteiger partial charge in [0.15, 0.2) is 0 Å². The molecule has 0 amide bonds. The Hall–Kier alpha value is -2.94. The Morgan fingerprint density at radius 2 is 1.79 bits per heavy atom. The highest BCUT2D eigenvalue weighted by Gasteiger charge is 2.18. The summed E-state index contributed by atoms with van der Waals surface area (Å²) in [6.45, 7) is 2.52. The summed E-state index contributed by atoms with van der Waals surface area (Å²) in [4.78, 5) is 11.0. The molecule has 3 aromatic rings. The van der Waals surface area contributed by atoms with Crippen molar-refractivity contribution in [1.82, 2.24) is 19.7 Å². The van der Waals surface area contributed by atoms with Crippen LogP contribution in [0.25, 0.3) is 5.95 Å². The predicted molar refractivity (Wildman–Crippen MR) is 96.3 cm³/mol. The summed E-state index contributed by atoms with van der Waals surface area (Å²) in [5, 5.41) is 3.87. The quantitative estimate of drug-likeness (QED) is 0.671. The molecule has 9 heteroatoms. The number of rotatable bonds is 5. The number of aromatic nitrogens is 4. The number of hydrogen-bond donors (Lipinski definition) is 0. The first kappa shape index (κ1) is 18.4. The second-order valence-electron chi connectivity index (χ2n) is 6.41. The lowest BCUT2D eigenvalue weighted by molar-refractivity contribution is 0.122. The molecule has 0 unspecified atom stereocenters. The van der Waals surface area contributed by atoms with Crippen LogP contribution in [0.5, 0.6) is 0 Å². The zero-order chi connectivity index (χ0) is 19.5. The average Bonchev–Trinajstić information content (AvgIpc) is 3.21. The van der Waals surface area contributed by atoms with Crippen LogP contribution in [0.2, 0.25) is 0 Å². The maximum atomic E-state index is 13.2. The minimum absolute atomic E-state index is 0.216. The van der Waals surface area contributed by atoms with Crippen LogP contribution in [0.1, 0.15) is 23.4 Å². The molecule has 146 valence electrons. The fourth-order valence-corrected chi connectivity index (χ4v) is 2.99. The first-order valence-corrected chi connectivity index (χ1v) is 8.88. The molecule has 2 aromatic heterocycles. The van der Waals surface area contributed by atoms with Crippen LogP contribution in [-0.4, -0.2) is 46.1 Å². The van der Waals surface area contributed by atoms with Gasteiger partial charge in [-0.3, -0.25) is 0 Å². The van der Waals surface area contributed by atoms with Gasteiger partial charge in [0.1, 0.15) is 17.3 Å². The molecule has 4 rings (SSSR count). The Kier molecular flexibility index (Phi) is 5.25. The smallest absolute Gasteiger partial charge is 0.282 e. The second-order valence-corrected chi connectivity index (χ2v) is 6.41. The lowest BCUT2D eigenvalue weighted by Gasteiger charge is -2.28. The molecule has 0 N–H and O–H groups in total. The number of benzene rings is 1. The highest BCUT2D eigenvalue weighted by Crippen LogP contribution is 2.20. The van der Waals surface area contributed by atoms with E-state index in [1.54, 1.807) is 12.1 Å². The van der Waals surface area contributed by atoms with Crippen molar-refractivity contribution in [2.45, 2.75) is 12.8 Å². The third kappa shape index (κ3) is 4.14. The van der Waals surface area contributed by atoms with Crippen LogP contribution < -0.4 is 4.90 Å². The normalized spacial score (nSPS) is 14.6. The summed E-state index contributed by atoms with van der Waals surface area (Å²) in [5.41, 5.74) is 1.24. The molecular formula is C19H18F3N5O. The van der Waals surface area contributed by atoms with Gasteiger partial charge in [0.25, 0.3) is 12.4 Å². The first-order valence-electron chi connectivity index (χ1n) is 8.88. The molecule has 0 aliphatic carbocycles. The number of morpholine rings is 1. The molecule has 6 nitrogen and oxygen atoms in total. The number of alkyl halides is 2. The molecule has 1 fully saturated rings. The molecule has 0 spiro atoms. The van der Waals surface area contributed by atoms with Gasteiger partial charge < -0.3 is 9.64 Å². The van der Waals surface area contributed by atoms with Crippen molar-refractivity contribution in [2.24, 2.45) is 0 Å². The lowest BCUT2D eigenvalue weighted by atomic mass is 10.1. The van der Waals surface area contributed by atoms with E-state index in [0.717, 1.165) is 5.56 Å². The molecule has 1 aliphatic rings. The predicted octanol–water partition coefficient (Wildman–Crippen LogP) is 3.17. The number of hydrogen-bond acceptors (Lipinski definition) is 5. The summed E-state index contributed by atoms with van der Waals surface area (Å²) in [5.74, 6) is 0.588. The number of nitrogens with zero attached hydrogens (tertiary/aromatic N) is 5. The molecule has 0 radical (unpaired) electrons. The number of ether oxygens (including phenoxy) is 1. The Morgan fingerprint density at radius 1 is 1.04 bits per heavy atom. The summed E-state index contributed by atoms with van der Waals surface area (Å²) in [7, 11) is 0. The Labute approximate surface area is 159 Å². The van der Waals surface area contributed by atoms with Crippen LogP contribution in [-0.2, 0) is 11.2 Å². The van der Waals surface area contributed by atoms with E-state index in [9.17, 15) is 13.2 Å². The molecule has 1 saturated heterocycles. The third-order valence-corrected chi connectivity index (χ3v) is 4.43. The van der Waals surface area contributed by atoms with Crippen LogP contribution in [0.4, 0.5) is 19.0 Å². The van der Waals surface area contributed by atoms with E-state index in [4.69, 9.17) is 4.74 Å². The lowest BCUT2D eigenvalue weighted by Crippen LogP contribution is -2.37. The zero-order valence-electron chi connectivity index (χ0n) is 14.9. The summed E-state index contributed by atoms with van der Waals surface area (Å²) < 4.78 is 45.6. The Bertz CT molecular complexity index is 939. The minimum Gasteiger partial charge on any atom is -0.378 e. The molecular weight excluding hydrogens is 371 g/mol. The van der Waals surface area contributed by atoms with Gasteiger partial charge in [-0.05, 0) is 23.8 Å². The molecule has 0 saturated carbocycles. The van der Waals surface area contributed by atoms with Crippen molar-refractivity contribution >= 4 is 5.82 Å². The van der Waals surface area contributed by atoms with Crippen molar-refractivity contribution < 1.29 is 17.9 Å². The zero-order valence-corrected chi connectivity index (χ0v) is 14.9. The molecule has 28 heavy (non-hydrogen) atoms. The van der Waals surface area contributed by atoms with Crippen LogP contribution in [0, 0.1) is 5.82 Å². The molecule has 3 heterocycles. The summed E-state index contributed by atoms with van der Waals surface area (Å²) in [6, 6.07) is 9.26. The van der Waals surface area contributed by atoms with E-state index in [1.807, 2.05) is 6.07 Å². The highest BCUT2D eigenvalue weighted by atomic mass is 19.3. The van der Waals surface area contributed by atoms with Gasteiger partial charge in [-0.25, -0.2) is 22.8 Å². The third-order valence-electron chi connectivity index (χ3n) is 4.43. The first-order chi connectivity index (χ1) is 13.6. The fourth-order valence-electron chi connectivity index (χ4n) is 2.99. The van der Waals surface area contributed by atoms with E-state index in [1.165, 1.54) is 29.1 Å². The monoisotopic (exact) mass is 389 g/mol. The van der Waals surface area contributed by atoms with Crippen LogP contribution >= 0.6 is 0 Å². The molecule has 0 atom stereocenters. The number of halogens is 3. The highest BCUT2D eigenvalue weighted by molar-refractivity contribution is 5.43. The van der Waals surface area contributed by atoms with E-state index >= 15 is 0 Å². The van der Waals surface area contributed by atoms with Gasteiger partial charge in [0.2, 0.25) is 0 Å². The van der Waals surface area contributed by atoms with Crippen LogP contribution in [0.15, 0.2) is 42.6 Å². The van der Waals surface area contributed by atoms with Gasteiger partial charge >= 0.3 is 0 Å². The van der Waals surface area contributed by atoms with E-state index in [2.05, 4.69) is 20.0 Å². The molecule has 0 bridgehead atoms. The SMILES string of the molecule is Fc1ccc(Cc2cc(N3CCOCC3)nc(-n3ccc(C(F)F)n3)n2)cc1. The largest absolute Gasteiger partial charge is 0.378 e. The van der Waals surface area contributed by atoms with Gasteiger partial charge in [0.05, 0.1) is 18.9 Å². The topological polar surface area (TPSA) is 56.1 Å². The fraction of sp³-hybridized carbons (Fsp3) is 0.316. The van der Waals surface area contributed by atoms with Crippen LogP contribution in [0.3, 0.4) is 0 Å². The molecule has 1 aliphatic heterocycles.